The number of nitrogens with one attached hydrogen (secondary N) is 2. The highest BCUT2D eigenvalue weighted by Crippen LogP contribution is 2.35. The number of hydrogen-bond donors (Lipinski definition) is 4. The Kier molecular flexibility index (Phi) is 12.3. The molecule has 0 aromatic heterocycles. The third-order valence-corrected chi connectivity index (χ3v) is 6.90. The first kappa shape index (κ1) is 32.5. The summed E-state index contributed by atoms with van der Waals surface area (Å²) in [6.45, 7) is 7.16. The molecule has 4 N–H and O–H groups in total. The smallest absolute Gasteiger partial charge is 0.264 e. The molecule has 14 heteroatoms. The summed E-state index contributed by atoms with van der Waals surface area (Å²) in [7, 11) is -8.12. The maximum atomic E-state index is 12.0. The van der Waals surface area contributed by atoms with Crippen LogP contribution in [0.15, 0.2) is 61.7 Å². The minimum atomic E-state index is -4.06. The van der Waals surface area contributed by atoms with E-state index in [1.807, 2.05) is 0 Å². The number of rotatable bonds is 17. The molecule has 0 heterocycles. The first-order chi connectivity index (χ1) is 18.8. The van der Waals surface area contributed by atoms with Crippen molar-refractivity contribution in [3.63, 3.8) is 0 Å². The average molecular weight is 597 g/mol. The number of carbonyl (C=O) groups is 2. The first-order valence-electron chi connectivity index (χ1n) is 12.1. The van der Waals surface area contributed by atoms with Crippen LogP contribution in [-0.2, 0) is 29.8 Å². The molecule has 0 spiro atoms. The summed E-state index contributed by atoms with van der Waals surface area (Å²) < 4.78 is 72.6. The molecule has 0 bridgehead atoms. The predicted octanol–water partition coefficient (Wildman–Crippen LogP) is 3.70. The van der Waals surface area contributed by atoms with E-state index in [-0.39, 0.29) is 37.6 Å². The van der Waals surface area contributed by atoms with Gasteiger partial charge in [0, 0.05) is 0 Å². The molecule has 0 atom stereocenters. The zero-order chi connectivity index (χ0) is 29.8. The molecule has 2 aromatic carbocycles. The van der Waals surface area contributed by atoms with Crippen molar-refractivity contribution in [1.82, 2.24) is 0 Å². The van der Waals surface area contributed by atoms with Gasteiger partial charge in [-0.2, -0.15) is 16.8 Å². The molecule has 2 amide bonds. The molecule has 40 heavy (non-hydrogen) atoms. The number of carbonyl (C=O) groups excluding carboxylic acids is 2. The van der Waals surface area contributed by atoms with E-state index in [9.17, 15) is 26.4 Å². The Morgan fingerprint density at radius 2 is 1.07 bits per heavy atom. The standard InChI is InChI=1S/C26H32N2O10S2/c1-3-25(29)27-21-17-19(9-11-23(21)37-13-5-7-15-39(31,32)33)20-10-12-24(22(18-20)28-26(30)4-2)38-14-6-8-16-40(34,35)36/h3-4,9-12,17-18H,1-2,5-8,13-16H2,(H,27,29)(H,28,30)(H,31,32,33)(H,34,35,36). The van der Waals surface area contributed by atoms with Gasteiger partial charge < -0.3 is 20.1 Å². The summed E-state index contributed by atoms with van der Waals surface area (Å²) in [6.07, 6.45) is 3.26. The van der Waals surface area contributed by atoms with Gasteiger partial charge in [-0.25, -0.2) is 0 Å². The minimum Gasteiger partial charge on any atom is -0.491 e. The van der Waals surface area contributed by atoms with Gasteiger partial charge in [0.15, 0.2) is 0 Å². The van der Waals surface area contributed by atoms with Gasteiger partial charge >= 0.3 is 0 Å². The summed E-state index contributed by atoms with van der Waals surface area (Å²) in [5.41, 5.74) is 1.94. The van der Waals surface area contributed by atoms with Crippen LogP contribution in [-0.4, -0.2) is 62.5 Å². The van der Waals surface area contributed by atoms with Crippen molar-refractivity contribution in [3.05, 3.63) is 61.7 Å². The van der Waals surface area contributed by atoms with E-state index in [1.54, 1.807) is 36.4 Å². The lowest BCUT2D eigenvalue weighted by Crippen LogP contribution is -2.11. The van der Waals surface area contributed by atoms with Gasteiger partial charge in [-0.05, 0) is 73.2 Å². The number of anilines is 2. The predicted molar refractivity (Wildman–Crippen MR) is 152 cm³/mol. The van der Waals surface area contributed by atoms with E-state index in [4.69, 9.17) is 18.6 Å². The van der Waals surface area contributed by atoms with E-state index in [1.165, 1.54) is 0 Å². The van der Waals surface area contributed by atoms with Crippen molar-refractivity contribution in [2.24, 2.45) is 0 Å². The summed E-state index contributed by atoms with van der Waals surface area (Å²) in [6, 6.07) is 10.00. The molecule has 0 saturated heterocycles. The van der Waals surface area contributed by atoms with Crippen LogP contribution < -0.4 is 20.1 Å². The average Bonchev–Trinajstić information content (AvgIpc) is 2.88. The van der Waals surface area contributed by atoms with Gasteiger partial charge in [0.1, 0.15) is 11.5 Å². The van der Waals surface area contributed by atoms with Gasteiger partial charge in [0.25, 0.3) is 20.2 Å². The third kappa shape index (κ3) is 12.0. The van der Waals surface area contributed by atoms with Crippen LogP contribution in [0.1, 0.15) is 25.7 Å². The Morgan fingerprint density at radius 3 is 1.40 bits per heavy atom. The van der Waals surface area contributed by atoms with Crippen LogP contribution in [0.3, 0.4) is 0 Å². The van der Waals surface area contributed by atoms with Crippen LogP contribution in [0.2, 0.25) is 0 Å². The van der Waals surface area contributed by atoms with Crippen molar-refractivity contribution >= 4 is 43.4 Å². The first-order valence-corrected chi connectivity index (χ1v) is 15.3. The largest absolute Gasteiger partial charge is 0.491 e. The van der Waals surface area contributed by atoms with E-state index in [2.05, 4.69) is 23.8 Å². The molecule has 0 aliphatic carbocycles. The number of benzene rings is 2. The Bertz CT molecular complexity index is 1330. The monoisotopic (exact) mass is 596 g/mol. The molecule has 0 aliphatic rings. The van der Waals surface area contributed by atoms with Crippen LogP contribution in [0.5, 0.6) is 11.5 Å². The van der Waals surface area contributed by atoms with Gasteiger partial charge in [-0.1, -0.05) is 25.3 Å². The van der Waals surface area contributed by atoms with Gasteiger partial charge in [-0.3, -0.25) is 18.7 Å². The van der Waals surface area contributed by atoms with Crippen molar-refractivity contribution in [2.45, 2.75) is 25.7 Å². The minimum absolute atomic E-state index is 0.139. The van der Waals surface area contributed by atoms with Crippen LogP contribution in [0.25, 0.3) is 11.1 Å². The molecule has 218 valence electrons. The molecule has 2 rings (SSSR count). The quantitative estimate of drug-likeness (QED) is 0.119. The Morgan fingerprint density at radius 1 is 0.700 bits per heavy atom. The number of amides is 2. The number of ether oxygens (including phenoxy) is 2. The SMILES string of the molecule is C=CC(=O)Nc1cc(-c2ccc(OCCCCS(=O)(=O)O)c(NC(=O)C=C)c2)ccc1OCCCCS(=O)(=O)O. The highest BCUT2D eigenvalue weighted by molar-refractivity contribution is 7.86. The van der Waals surface area contributed by atoms with Crippen molar-refractivity contribution < 1.29 is 45.0 Å². The number of unbranched alkanes of at least 4 members (excludes halogenated alkanes) is 2. The second kappa shape index (κ2) is 15.2. The highest BCUT2D eigenvalue weighted by Gasteiger charge is 2.13. The zero-order valence-corrected chi connectivity index (χ0v) is 23.3. The molecule has 0 radical (unpaired) electrons. The maximum Gasteiger partial charge on any atom is 0.264 e. The van der Waals surface area contributed by atoms with E-state index in [0.717, 1.165) is 12.2 Å². The second-order valence-corrected chi connectivity index (χ2v) is 11.6. The van der Waals surface area contributed by atoms with Crippen LogP contribution in [0, 0.1) is 0 Å². The summed E-state index contributed by atoms with van der Waals surface area (Å²) in [5.74, 6) is -1.07. The van der Waals surface area contributed by atoms with E-state index >= 15 is 0 Å². The fourth-order valence-corrected chi connectivity index (χ4v) is 4.51. The third-order valence-electron chi connectivity index (χ3n) is 5.29. The van der Waals surface area contributed by atoms with E-state index < -0.39 is 32.1 Å². The molecular formula is C26H32N2O10S2. The Hall–Kier alpha value is -3.72. The van der Waals surface area contributed by atoms with Crippen LogP contribution >= 0.6 is 0 Å². The second-order valence-electron chi connectivity index (χ2n) is 8.49. The molecule has 12 nitrogen and oxygen atoms in total. The Balaban J connectivity index is 2.26. The van der Waals surface area contributed by atoms with Crippen molar-refractivity contribution in [2.75, 3.05) is 35.4 Å². The molecule has 0 fully saturated rings. The molecule has 0 saturated carbocycles. The van der Waals surface area contributed by atoms with E-state index in [0.29, 0.717) is 46.8 Å². The molecular weight excluding hydrogens is 564 g/mol. The number of hydrogen-bond acceptors (Lipinski definition) is 8. The van der Waals surface area contributed by atoms with Crippen molar-refractivity contribution in [1.29, 1.82) is 0 Å². The van der Waals surface area contributed by atoms with Crippen molar-refractivity contribution in [3.8, 4) is 22.6 Å². The Labute approximate surface area is 233 Å². The lowest BCUT2D eigenvalue weighted by atomic mass is 10.0. The summed E-state index contributed by atoms with van der Waals surface area (Å²) in [5, 5.41) is 5.33. The fourth-order valence-electron chi connectivity index (χ4n) is 3.37. The van der Waals surface area contributed by atoms with Crippen LogP contribution in [0.4, 0.5) is 11.4 Å². The lowest BCUT2D eigenvalue weighted by molar-refractivity contribution is -0.112. The molecule has 2 aromatic rings. The van der Waals surface area contributed by atoms with Gasteiger partial charge in [-0.15, -0.1) is 0 Å². The normalized spacial score (nSPS) is 11.3. The molecule has 0 unspecified atom stereocenters. The molecule has 0 aliphatic heterocycles. The van der Waals surface area contributed by atoms with Gasteiger partial charge in [0.05, 0.1) is 36.1 Å². The maximum absolute atomic E-state index is 12.0. The van der Waals surface area contributed by atoms with Gasteiger partial charge in [0.2, 0.25) is 11.8 Å². The summed E-state index contributed by atoms with van der Waals surface area (Å²) in [4.78, 5) is 24.0. The zero-order valence-electron chi connectivity index (χ0n) is 21.7. The topological polar surface area (TPSA) is 185 Å². The lowest BCUT2D eigenvalue weighted by Gasteiger charge is -2.16. The highest BCUT2D eigenvalue weighted by atomic mass is 32.2. The summed E-state index contributed by atoms with van der Waals surface area (Å²) >= 11 is 0. The fraction of sp³-hybridized carbons (Fsp3) is 0.308.